The molecule has 2 rings (SSSR count). The van der Waals surface area contributed by atoms with Crippen molar-refractivity contribution in [2.24, 2.45) is 14.1 Å². The number of hydrogen-bond donors (Lipinski definition) is 2. The quantitative estimate of drug-likeness (QED) is 0.689. The number of rotatable bonds is 3. The van der Waals surface area contributed by atoms with E-state index >= 15 is 0 Å². The molecular formula is C11H18N4O4. The third-order valence-corrected chi connectivity index (χ3v) is 3.33. The molecule has 106 valence electrons. The van der Waals surface area contributed by atoms with Crippen LogP contribution in [0.25, 0.3) is 0 Å². The number of aromatic nitrogens is 3. The number of anilines is 1. The molecule has 2 N–H and O–H groups in total. The summed E-state index contributed by atoms with van der Waals surface area (Å²) in [6.07, 6.45) is 1.01. The zero-order chi connectivity index (χ0) is 14.0. The number of nitrogens with one attached hydrogen (secondary N) is 1. The highest BCUT2D eigenvalue weighted by atomic mass is 16.5. The van der Waals surface area contributed by atoms with Crippen molar-refractivity contribution < 1.29 is 9.84 Å². The van der Waals surface area contributed by atoms with E-state index in [1.54, 1.807) is 0 Å². The lowest BCUT2D eigenvalue weighted by Crippen LogP contribution is -2.45. The monoisotopic (exact) mass is 270 g/mol. The van der Waals surface area contributed by atoms with E-state index in [4.69, 9.17) is 4.74 Å². The summed E-state index contributed by atoms with van der Waals surface area (Å²) in [5.74, 6) is 0.0597. The van der Waals surface area contributed by atoms with Gasteiger partial charge >= 0.3 is 5.69 Å². The summed E-state index contributed by atoms with van der Waals surface area (Å²) in [5.41, 5.74) is -1.89. The van der Waals surface area contributed by atoms with E-state index in [-0.39, 0.29) is 12.4 Å². The molecule has 0 saturated carbocycles. The van der Waals surface area contributed by atoms with Crippen LogP contribution in [0, 0.1) is 0 Å². The van der Waals surface area contributed by atoms with Gasteiger partial charge in [-0.2, -0.15) is 0 Å². The predicted molar refractivity (Wildman–Crippen MR) is 68.2 cm³/mol. The topological polar surface area (TPSA) is 98.4 Å². The molecule has 8 nitrogen and oxygen atoms in total. The molecule has 0 spiro atoms. The van der Waals surface area contributed by atoms with E-state index < -0.39 is 16.9 Å². The van der Waals surface area contributed by atoms with E-state index in [0.29, 0.717) is 26.1 Å². The molecule has 0 aromatic carbocycles. The Morgan fingerprint density at radius 2 is 2.00 bits per heavy atom. The van der Waals surface area contributed by atoms with Gasteiger partial charge in [-0.15, -0.1) is 5.10 Å². The number of aliphatic hydroxyl groups is 1. The van der Waals surface area contributed by atoms with Crippen molar-refractivity contribution >= 4 is 5.82 Å². The van der Waals surface area contributed by atoms with Crippen LogP contribution in [0.1, 0.15) is 12.8 Å². The average Bonchev–Trinajstić information content (AvgIpc) is 2.40. The summed E-state index contributed by atoms with van der Waals surface area (Å²) in [7, 11) is 2.86. The summed E-state index contributed by atoms with van der Waals surface area (Å²) in [6.45, 7) is 1.20. The van der Waals surface area contributed by atoms with Crippen molar-refractivity contribution in [2.45, 2.75) is 18.4 Å². The lowest BCUT2D eigenvalue weighted by molar-refractivity contribution is -0.0544. The number of aryl methyl sites for hydroxylation is 1. The molecule has 1 aliphatic rings. The number of ether oxygens (including phenoxy) is 1. The molecule has 1 aromatic heterocycles. The first-order valence-corrected chi connectivity index (χ1v) is 6.11. The lowest BCUT2D eigenvalue weighted by atomic mass is 9.94. The molecule has 0 bridgehead atoms. The van der Waals surface area contributed by atoms with Gasteiger partial charge in [0, 0.05) is 46.7 Å². The summed E-state index contributed by atoms with van der Waals surface area (Å²) >= 11 is 0. The van der Waals surface area contributed by atoms with Crippen molar-refractivity contribution in [3.8, 4) is 0 Å². The maximum atomic E-state index is 11.8. The number of hydrogen-bond acceptors (Lipinski definition) is 6. The van der Waals surface area contributed by atoms with Gasteiger partial charge < -0.3 is 15.2 Å². The zero-order valence-corrected chi connectivity index (χ0v) is 11.0. The van der Waals surface area contributed by atoms with Gasteiger partial charge in [0.15, 0.2) is 0 Å². The molecule has 1 aromatic rings. The minimum absolute atomic E-state index is 0.0597. The largest absolute Gasteiger partial charge is 0.388 e. The smallest absolute Gasteiger partial charge is 0.346 e. The second kappa shape index (κ2) is 5.14. The van der Waals surface area contributed by atoms with E-state index in [2.05, 4.69) is 10.4 Å². The molecule has 0 radical (unpaired) electrons. The SMILES string of the molecule is Cn1nc(NCC2(O)CCOCC2)c(=O)n(C)c1=O. The maximum absolute atomic E-state index is 11.8. The fraction of sp³-hybridized carbons (Fsp3) is 0.727. The van der Waals surface area contributed by atoms with Gasteiger partial charge in [0.2, 0.25) is 5.82 Å². The lowest BCUT2D eigenvalue weighted by Gasteiger charge is -2.32. The summed E-state index contributed by atoms with van der Waals surface area (Å²) in [5, 5.41) is 17.0. The Balaban J connectivity index is 2.16. The molecule has 0 aliphatic carbocycles. The molecule has 1 fully saturated rings. The summed E-state index contributed by atoms with van der Waals surface area (Å²) in [6, 6.07) is 0. The first-order chi connectivity index (χ1) is 8.93. The molecule has 0 atom stereocenters. The minimum atomic E-state index is -0.903. The van der Waals surface area contributed by atoms with Crippen LogP contribution in [-0.2, 0) is 18.8 Å². The Hall–Kier alpha value is -1.67. The van der Waals surface area contributed by atoms with Crippen LogP contribution in [0.3, 0.4) is 0 Å². The van der Waals surface area contributed by atoms with Crippen LogP contribution in [0.2, 0.25) is 0 Å². The molecular weight excluding hydrogens is 252 g/mol. The van der Waals surface area contributed by atoms with E-state index in [1.807, 2.05) is 0 Å². The average molecular weight is 270 g/mol. The summed E-state index contributed by atoms with van der Waals surface area (Å²) < 4.78 is 7.24. The van der Waals surface area contributed by atoms with Crippen LogP contribution in [0.5, 0.6) is 0 Å². The highest BCUT2D eigenvalue weighted by Crippen LogP contribution is 2.20. The van der Waals surface area contributed by atoms with Crippen LogP contribution in [0.15, 0.2) is 9.59 Å². The van der Waals surface area contributed by atoms with E-state index in [0.717, 1.165) is 9.25 Å². The molecule has 1 aliphatic heterocycles. The fourth-order valence-corrected chi connectivity index (χ4v) is 1.99. The normalized spacial score (nSPS) is 18.3. The Kier molecular flexibility index (Phi) is 3.72. The third kappa shape index (κ3) is 2.85. The Morgan fingerprint density at radius 1 is 1.37 bits per heavy atom. The van der Waals surface area contributed by atoms with Gasteiger partial charge in [0.05, 0.1) is 5.60 Å². The highest BCUT2D eigenvalue weighted by molar-refractivity contribution is 5.30. The minimum Gasteiger partial charge on any atom is -0.388 e. The van der Waals surface area contributed by atoms with Gasteiger partial charge in [-0.1, -0.05) is 0 Å². The fourth-order valence-electron chi connectivity index (χ4n) is 1.99. The Morgan fingerprint density at radius 3 is 2.63 bits per heavy atom. The van der Waals surface area contributed by atoms with Crippen molar-refractivity contribution in [1.82, 2.24) is 14.3 Å². The molecule has 0 unspecified atom stereocenters. The second-order valence-electron chi connectivity index (χ2n) is 4.81. The standard InChI is InChI=1S/C11H18N4O4/c1-14-9(16)8(13-15(2)10(14)17)12-7-11(18)3-5-19-6-4-11/h18H,3-7H2,1-2H3,(H,12,13). The molecule has 1 saturated heterocycles. The van der Waals surface area contributed by atoms with Crippen molar-refractivity contribution in [2.75, 3.05) is 25.1 Å². The van der Waals surface area contributed by atoms with Crippen LogP contribution < -0.4 is 16.6 Å². The van der Waals surface area contributed by atoms with Gasteiger partial charge in [-0.25, -0.2) is 9.48 Å². The highest BCUT2D eigenvalue weighted by Gasteiger charge is 2.30. The predicted octanol–water partition coefficient (Wildman–Crippen LogP) is -1.57. The van der Waals surface area contributed by atoms with Crippen molar-refractivity contribution in [3.05, 3.63) is 20.8 Å². The van der Waals surface area contributed by atoms with Gasteiger partial charge in [0.1, 0.15) is 0 Å². The Bertz CT molecular complexity index is 571. The first-order valence-electron chi connectivity index (χ1n) is 6.11. The van der Waals surface area contributed by atoms with Gasteiger partial charge in [0.25, 0.3) is 5.56 Å². The third-order valence-electron chi connectivity index (χ3n) is 3.33. The van der Waals surface area contributed by atoms with Crippen molar-refractivity contribution in [3.63, 3.8) is 0 Å². The molecule has 0 amide bonds. The molecule has 2 heterocycles. The Labute approximate surface area is 109 Å². The molecule has 19 heavy (non-hydrogen) atoms. The summed E-state index contributed by atoms with van der Waals surface area (Å²) in [4.78, 5) is 23.3. The van der Waals surface area contributed by atoms with Crippen molar-refractivity contribution in [1.29, 1.82) is 0 Å². The van der Waals surface area contributed by atoms with Crippen LogP contribution in [0.4, 0.5) is 5.82 Å². The van der Waals surface area contributed by atoms with Gasteiger partial charge in [-0.3, -0.25) is 9.36 Å². The zero-order valence-electron chi connectivity index (χ0n) is 11.0. The first kappa shape index (κ1) is 13.8. The molecule has 8 heteroatoms. The second-order valence-corrected chi connectivity index (χ2v) is 4.81. The van der Waals surface area contributed by atoms with Gasteiger partial charge in [-0.05, 0) is 0 Å². The van der Waals surface area contributed by atoms with Crippen LogP contribution >= 0.6 is 0 Å². The van der Waals surface area contributed by atoms with E-state index in [1.165, 1.54) is 14.1 Å². The maximum Gasteiger partial charge on any atom is 0.346 e. The van der Waals surface area contributed by atoms with Crippen LogP contribution in [-0.4, -0.2) is 44.8 Å². The number of nitrogens with zero attached hydrogens (tertiary/aromatic N) is 3. The van der Waals surface area contributed by atoms with E-state index in [9.17, 15) is 14.7 Å².